The van der Waals surface area contributed by atoms with Gasteiger partial charge in [0.25, 0.3) is 0 Å². The summed E-state index contributed by atoms with van der Waals surface area (Å²) >= 11 is 0. The standard InChI is InChI=1S/C11H12F3NO/c12-9-3-8(4-10(13)11(9)14)15-5-7-1-2-16-6-7/h3-4,7,15H,1-2,5-6H2. The van der Waals surface area contributed by atoms with Crippen LogP contribution in [0.5, 0.6) is 0 Å². The van der Waals surface area contributed by atoms with Gasteiger partial charge in [0.15, 0.2) is 17.5 Å². The van der Waals surface area contributed by atoms with Gasteiger partial charge >= 0.3 is 0 Å². The molecule has 1 aromatic carbocycles. The maximum absolute atomic E-state index is 12.9. The molecule has 1 aliphatic heterocycles. The summed E-state index contributed by atoms with van der Waals surface area (Å²) in [6.45, 7) is 1.95. The minimum absolute atomic E-state index is 0.253. The van der Waals surface area contributed by atoms with Crippen molar-refractivity contribution in [2.75, 3.05) is 25.1 Å². The summed E-state index contributed by atoms with van der Waals surface area (Å²) in [7, 11) is 0. The van der Waals surface area contributed by atoms with Gasteiger partial charge in [-0.3, -0.25) is 0 Å². The van der Waals surface area contributed by atoms with Crippen LogP contribution in [0.4, 0.5) is 18.9 Å². The van der Waals surface area contributed by atoms with Crippen molar-refractivity contribution >= 4 is 5.69 Å². The maximum Gasteiger partial charge on any atom is 0.194 e. The summed E-state index contributed by atoms with van der Waals surface area (Å²) in [6.07, 6.45) is 0.930. The molecule has 1 fully saturated rings. The molecule has 88 valence electrons. The highest BCUT2D eigenvalue weighted by Gasteiger charge is 2.16. The molecule has 1 saturated heterocycles. The van der Waals surface area contributed by atoms with Crippen molar-refractivity contribution in [2.24, 2.45) is 5.92 Å². The average molecular weight is 231 g/mol. The lowest BCUT2D eigenvalue weighted by Crippen LogP contribution is -2.14. The van der Waals surface area contributed by atoms with Crippen molar-refractivity contribution in [3.8, 4) is 0 Å². The minimum Gasteiger partial charge on any atom is -0.385 e. The molecule has 0 saturated carbocycles. The van der Waals surface area contributed by atoms with Gasteiger partial charge in [-0.1, -0.05) is 0 Å². The van der Waals surface area contributed by atoms with Crippen LogP contribution < -0.4 is 5.32 Å². The van der Waals surface area contributed by atoms with Gasteiger partial charge < -0.3 is 10.1 Å². The molecule has 0 amide bonds. The number of ether oxygens (including phenoxy) is 1. The van der Waals surface area contributed by atoms with Gasteiger partial charge in [0, 0.05) is 36.9 Å². The van der Waals surface area contributed by atoms with Gasteiger partial charge in [-0.15, -0.1) is 0 Å². The quantitative estimate of drug-likeness (QED) is 0.807. The number of nitrogens with one attached hydrogen (secondary N) is 1. The Hall–Kier alpha value is -1.23. The smallest absolute Gasteiger partial charge is 0.194 e. The van der Waals surface area contributed by atoms with Gasteiger partial charge in [-0.2, -0.15) is 0 Å². The molecule has 1 heterocycles. The van der Waals surface area contributed by atoms with Gasteiger partial charge in [0.1, 0.15) is 0 Å². The Morgan fingerprint density at radius 3 is 2.50 bits per heavy atom. The van der Waals surface area contributed by atoms with E-state index >= 15 is 0 Å². The van der Waals surface area contributed by atoms with Crippen molar-refractivity contribution in [3.63, 3.8) is 0 Å². The number of halogens is 3. The van der Waals surface area contributed by atoms with Gasteiger partial charge in [0.2, 0.25) is 0 Å². The lowest BCUT2D eigenvalue weighted by Gasteiger charge is -2.11. The summed E-state index contributed by atoms with van der Waals surface area (Å²) in [4.78, 5) is 0. The van der Waals surface area contributed by atoms with Crippen molar-refractivity contribution in [3.05, 3.63) is 29.6 Å². The molecule has 0 bridgehead atoms. The largest absolute Gasteiger partial charge is 0.385 e. The molecule has 0 aliphatic carbocycles. The molecule has 16 heavy (non-hydrogen) atoms. The minimum atomic E-state index is -1.44. The Labute approximate surface area is 91.4 Å². The van der Waals surface area contributed by atoms with Crippen LogP contribution in [0.3, 0.4) is 0 Å². The van der Waals surface area contributed by atoms with Gasteiger partial charge in [-0.25, -0.2) is 13.2 Å². The van der Waals surface area contributed by atoms with E-state index in [1.165, 1.54) is 0 Å². The van der Waals surface area contributed by atoms with Crippen LogP contribution in [0, 0.1) is 23.4 Å². The van der Waals surface area contributed by atoms with E-state index in [-0.39, 0.29) is 5.69 Å². The number of hydrogen-bond donors (Lipinski definition) is 1. The van der Waals surface area contributed by atoms with Crippen LogP contribution in [0.15, 0.2) is 12.1 Å². The first kappa shape index (κ1) is 11.3. The maximum atomic E-state index is 12.9. The Morgan fingerprint density at radius 2 is 1.94 bits per heavy atom. The van der Waals surface area contributed by atoms with E-state index in [0.29, 0.717) is 19.1 Å². The second kappa shape index (κ2) is 4.74. The highest BCUT2D eigenvalue weighted by atomic mass is 19.2. The van der Waals surface area contributed by atoms with Crippen LogP contribution in [0.2, 0.25) is 0 Å². The van der Waals surface area contributed by atoms with Gasteiger partial charge in [-0.05, 0) is 6.42 Å². The van der Waals surface area contributed by atoms with Crippen molar-refractivity contribution in [2.45, 2.75) is 6.42 Å². The van der Waals surface area contributed by atoms with E-state index in [4.69, 9.17) is 4.74 Å². The molecule has 5 heteroatoms. The number of rotatable bonds is 3. The fourth-order valence-corrected chi connectivity index (χ4v) is 1.66. The molecule has 1 unspecified atom stereocenters. The third-order valence-corrected chi connectivity index (χ3v) is 2.60. The third-order valence-electron chi connectivity index (χ3n) is 2.60. The molecule has 1 atom stereocenters. The molecule has 0 spiro atoms. The fourth-order valence-electron chi connectivity index (χ4n) is 1.66. The summed E-state index contributed by atoms with van der Waals surface area (Å²) in [5.41, 5.74) is 0.253. The van der Waals surface area contributed by atoms with Crippen LogP contribution >= 0.6 is 0 Å². The van der Waals surface area contributed by atoms with Gasteiger partial charge in [0.05, 0.1) is 6.61 Å². The number of benzene rings is 1. The Kier molecular flexibility index (Phi) is 3.33. The highest BCUT2D eigenvalue weighted by Crippen LogP contribution is 2.19. The normalized spacial score (nSPS) is 20.1. The first-order valence-corrected chi connectivity index (χ1v) is 5.13. The molecular formula is C11H12F3NO. The molecule has 1 N–H and O–H groups in total. The summed E-state index contributed by atoms with van der Waals surface area (Å²) in [6, 6.07) is 1.91. The second-order valence-electron chi connectivity index (χ2n) is 3.86. The lowest BCUT2D eigenvalue weighted by molar-refractivity contribution is 0.187. The Bertz CT molecular complexity index is 354. The first-order chi connectivity index (χ1) is 7.66. The van der Waals surface area contributed by atoms with Crippen molar-refractivity contribution in [1.29, 1.82) is 0 Å². The third kappa shape index (κ3) is 2.47. The van der Waals surface area contributed by atoms with E-state index in [1.54, 1.807) is 0 Å². The Morgan fingerprint density at radius 1 is 1.25 bits per heavy atom. The van der Waals surface area contributed by atoms with Crippen LogP contribution in [-0.4, -0.2) is 19.8 Å². The monoisotopic (exact) mass is 231 g/mol. The summed E-state index contributed by atoms with van der Waals surface area (Å²) in [5.74, 6) is -3.44. The van der Waals surface area contributed by atoms with Crippen LogP contribution in [0.25, 0.3) is 0 Å². The fraction of sp³-hybridized carbons (Fsp3) is 0.455. The first-order valence-electron chi connectivity index (χ1n) is 5.13. The van der Waals surface area contributed by atoms with Crippen LogP contribution in [0.1, 0.15) is 6.42 Å². The highest BCUT2D eigenvalue weighted by molar-refractivity contribution is 5.44. The zero-order chi connectivity index (χ0) is 11.5. The summed E-state index contributed by atoms with van der Waals surface area (Å²) in [5, 5.41) is 2.87. The second-order valence-corrected chi connectivity index (χ2v) is 3.86. The zero-order valence-electron chi connectivity index (χ0n) is 8.60. The molecule has 0 radical (unpaired) electrons. The molecular weight excluding hydrogens is 219 g/mol. The predicted octanol–water partition coefficient (Wildman–Crippen LogP) is 2.55. The van der Waals surface area contributed by atoms with E-state index in [1.807, 2.05) is 0 Å². The SMILES string of the molecule is Fc1cc(NCC2CCOC2)cc(F)c1F. The molecule has 2 nitrogen and oxygen atoms in total. The number of hydrogen-bond acceptors (Lipinski definition) is 2. The topological polar surface area (TPSA) is 21.3 Å². The van der Waals surface area contributed by atoms with E-state index in [9.17, 15) is 13.2 Å². The molecule has 0 aromatic heterocycles. The molecule has 1 aromatic rings. The Balaban J connectivity index is 1.98. The lowest BCUT2D eigenvalue weighted by atomic mass is 10.1. The average Bonchev–Trinajstić information content (AvgIpc) is 2.75. The summed E-state index contributed by atoms with van der Waals surface area (Å²) < 4.78 is 43.5. The predicted molar refractivity (Wildman–Crippen MR) is 53.7 cm³/mol. The van der Waals surface area contributed by atoms with E-state index in [0.717, 1.165) is 25.2 Å². The molecule has 1 aliphatic rings. The van der Waals surface area contributed by atoms with Crippen LogP contribution in [-0.2, 0) is 4.74 Å². The van der Waals surface area contributed by atoms with E-state index < -0.39 is 17.5 Å². The zero-order valence-corrected chi connectivity index (χ0v) is 8.60. The number of anilines is 1. The molecule has 2 rings (SSSR count). The van der Waals surface area contributed by atoms with Crippen molar-refractivity contribution in [1.82, 2.24) is 0 Å². The van der Waals surface area contributed by atoms with Crippen molar-refractivity contribution < 1.29 is 17.9 Å². The van der Waals surface area contributed by atoms with E-state index in [2.05, 4.69) is 5.32 Å².